The van der Waals surface area contributed by atoms with Gasteiger partial charge in [-0.1, -0.05) is 0 Å². The minimum Gasteiger partial charge on any atom is -0.356 e. The molecule has 1 unspecified atom stereocenters. The zero-order valence-corrected chi connectivity index (χ0v) is 12.2. The first-order valence-electron chi connectivity index (χ1n) is 7.42. The number of amides is 2. The summed E-state index contributed by atoms with van der Waals surface area (Å²) in [5.41, 5.74) is 0. The maximum Gasteiger partial charge on any atom is 0.223 e. The second-order valence-electron chi connectivity index (χ2n) is 5.08. The van der Waals surface area contributed by atoms with Gasteiger partial charge in [-0.05, 0) is 45.7 Å². The summed E-state index contributed by atoms with van der Waals surface area (Å²) in [4.78, 5) is 25.2. The Hall–Kier alpha value is -1.10. The van der Waals surface area contributed by atoms with Crippen molar-refractivity contribution in [2.45, 2.75) is 39.5 Å². The molecule has 1 aliphatic heterocycles. The molecular weight excluding hydrogens is 242 g/mol. The Morgan fingerprint density at radius 3 is 2.58 bits per heavy atom. The third kappa shape index (κ3) is 6.05. The van der Waals surface area contributed by atoms with Gasteiger partial charge in [0.25, 0.3) is 0 Å². The highest BCUT2D eigenvalue weighted by Gasteiger charge is 2.15. The van der Waals surface area contributed by atoms with E-state index in [9.17, 15) is 9.59 Å². The molecule has 1 rings (SSSR count). The van der Waals surface area contributed by atoms with Gasteiger partial charge in [0.15, 0.2) is 0 Å². The molecule has 1 saturated heterocycles. The van der Waals surface area contributed by atoms with Crippen LogP contribution in [-0.4, -0.2) is 49.4 Å². The topological polar surface area (TPSA) is 61.4 Å². The quantitative estimate of drug-likeness (QED) is 0.717. The van der Waals surface area contributed by atoms with Gasteiger partial charge < -0.3 is 15.5 Å². The Balaban J connectivity index is 2.14. The summed E-state index contributed by atoms with van der Waals surface area (Å²) in [5.74, 6) is 0.599. The van der Waals surface area contributed by atoms with Crippen molar-refractivity contribution in [1.82, 2.24) is 15.5 Å². The highest BCUT2D eigenvalue weighted by atomic mass is 16.2. The molecule has 1 heterocycles. The number of hydrogen-bond donors (Lipinski definition) is 2. The van der Waals surface area contributed by atoms with Crippen LogP contribution in [0.4, 0.5) is 0 Å². The summed E-state index contributed by atoms with van der Waals surface area (Å²) in [6.45, 7) is 8.14. The van der Waals surface area contributed by atoms with Crippen LogP contribution >= 0.6 is 0 Å². The van der Waals surface area contributed by atoms with Crippen LogP contribution in [0.15, 0.2) is 0 Å². The van der Waals surface area contributed by atoms with Gasteiger partial charge in [-0.25, -0.2) is 0 Å². The fraction of sp³-hybridized carbons (Fsp3) is 0.857. The van der Waals surface area contributed by atoms with E-state index < -0.39 is 0 Å². The van der Waals surface area contributed by atoms with Gasteiger partial charge in [0.05, 0.1) is 0 Å². The van der Waals surface area contributed by atoms with Crippen molar-refractivity contribution in [3.8, 4) is 0 Å². The lowest BCUT2D eigenvalue weighted by Crippen LogP contribution is -2.38. The number of hydrogen-bond acceptors (Lipinski definition) is 3. The summed E-state index contributed by atoms with van der Waals surface area (Å²) >= 11 is 0. The minimum absolute atomic E-state index is 0.00826. The van der Waals surface area contributed by atoms with E-state index in [2.05, 4.69) is 10.6 Å². The SMILES string of the molecule is CCN(CC)C(=O)CCC(=O)NCC1CCCNC1. The van der Waals surface area contributed by atoms with Crippen LogP contribution in [0, 0.1) is 5.92 Å². The Morgan fingerprint density at radius 1 is 1.26 bits per heavy atom. The predicted octanol–water partition coefficient (Wildman–Crippen LogP) is 0.751. The molecule has 2 N–H and O–H groups in total. The Kier molecular flexibility index (Phi) is 7.48. The highest BCUT2D eigenvalue weighted by molar-refractivity contribution is 5.83. The largest absolute Gasteiger partial charge is 0.356 e. The van der Waals surface area contributed by atoms with Gasteiger partial charge in [0.2, 0.25) is 11.8 Å². The molecule has 0 aromatic carbocycles. The second-order valence-corrected chi connectivity index (χ2v) is 5.08. The van der Waals surface area contributed by atoms with Crippen LogP contribution < -0.4 is 10.6 Å². The van der Waals surface area contributed by atoms with Crippen LogP contribution in [-0.2, 0) is 9.59 Å². The molecule has 19 heavy (non-hydrogen) atoms. The number of nitrogens with zero attached hydrogens (tertiary/aromatic N) is 1. The monoisotopic (exact) mass is 269 g/mol. The molecule has 0 aliphatic carbocycles. The maximum absolute atomic E-state index is 11.8. The van der Waals surface area contributed by atoms with Crippen LogP contribution in [0.25, 0.3) is 0 Å². The van der Waals surface area contributed by atoms with Crippen molar-refractivity contribution in [3.05, 3.63) is 0 Å². The Morgan fingerprint density at radius 2 is 2.00 bits per heavy atom. The second kappa shape index (κ2) is 8.91. The smallest absolute Gasteiger partial charge is 0.223 e. The van der Waals surface area contributed by atoms with Crippen molar-refractivity contribution in [1.29, 1.82) is 0 Å². The molecular formula is C14H27N3O2. The summed E-state index contributed by atoms with van der Waals surface area (Å²) in [6, 6.07) is 0. The predicted molar refractivity (Wildman–Crippen MR) is 75.8 cm³/mol. The number of carbonyl (C=O) groups excluding carboxylic acids is 2. The first kappa shape index (κ1) is 16.0. The van der Waals surface area contributed by atoms with E-state index in [1.807, 2.05) is 13.8 Å². The van der Waals surface area contributed by atoms with Gasteiger partial charge in [0, 0.05) is 32.5 Å². The Bertz CT molecular complexity index is 284. The molecule has 0 bridgehead atoms. The van der Waals surface area contributed by atoms with Gasteiger partial charge in [-0.2, -0.15) is 0 Å². The molecule has 2 amide bonds. The lowest BCUT2D eigenvalue weighted by Gasteiger charge is -2.23. The zero-order valence-electron chi connectivity index (χ0n) is 12.2. The maximum atomic E-state index is 11.8. The summed E-state index contributed by atoms with van der Waals surface area (Å²) in [7, 11) is 0. The van der Waals surface area contributed by atoms with Gasteiger partial charge in [-0.3, -0.25) is 9.59 Å². The van der Waals surface area contributed by atoms with E-state index in [0.717, 1.165) is 19.6 Å². The van der Waals surface area contributed by atoms with E-state index in [-0.39, 0.29) is 11.8 Å². The fourth-order valence-corrected chi connectivity index (χ4v) is 2.40. The van der Waals surface area contributed by atoms with Crippen molar-refractivity contribution in [3.63, 3.8) is 0 Å². The molecule has 0 aromatic rings. The molecule has 110 valence electrons. The first-order chi connectivity index (χ1) is 9.17. The average molecular weight is 269 g/mol. The van der Waals surface area contributed by atoms with E-state index in [1.54, 1.807) is 4.90 Å². The molecule has 0 spiro atoms. The van der Waals surface area contributed by atoms with E-state index in [1.165, 1.54) is 12.8 Å². The minimum atomic E-state index is -0.00826. The van der Waals surface area contributed by atoms with E-state index >= 15 is 0 Å². The van der Waals surface area contributed by atoms with Crippen molar-refractivity contribution < 1.29 is 9.59 Å². The van der Waals surface area contributed by atoms with Crippen molar-refractivity contribution in [2.75, 3.05) is 32.7 Å². The standard InChI is InChI=1S/C14H27N3O2/c1-3-17(4-2)14(19)8-7-13(18)16-11-12-6-5-9-15-10-12/h12,15H,3-11H2,1-2H3,(H,16,18). The molecule has 1 aliphatic rings. The normalized spacial score (nSPS) is 18.9. The summed E-state index contributed by atoms with van der Waals surface area (Å²) < 4.78 is 0. The molecule has 1 atom stereocenters. The number of rotatable bonds is 7. The van der Waals surface area contributed by atoms with Crippen LogP contribution in [0.5, 0.6) is 0 Å². The number of piperidine rings is 1. The van der Waals surface area contributed by atoms with Gasteiger partial charge >= 0.3 is 0 Å². The summed E-state index contributed by atoms with van der Waals surface area (Å²) in [5, 5.41) is 6.26. The molecule has 5 nitrogen and oxygen atoms in total. The molecule has 0 radical (unpaired) electrons. The molecule has 1 fully saturated rings. The molecule has 0 aromatic heterocycles. The third-order valence-electron chi connectivity index (χ3n) is 3.67. The van der Waals surface area contributed by atoms with Crippen molar-refractivity contribution in [2.24, 2.45) is 5.92 Å². The third-order valence-corrected chi connectivity index (χ3v) is 3.67. The van der Waals surface area contributed by atoms with Gasteiger partial charge in [0.1, 0.15) is 0 Å². The van der Waals surface area contributed by atoms with E-state index in [4.69, 9.17) is 0 Å². The van der Waals surface area contributed by atoms with Crippen LogP contribution in [0.3, 0.4) is 0 Å². The lowest BCUT2D eigenvalue weighted by atomic mass is 10.00. The van der Waals surface area contributed by atoms with E-state index in [0.29, 0.717) is 31.8 Å². The highest BCUT2D eigenvalue weighted by Crippen LogP contribution is 2.08. The first-order valence-corrected chi connectivity index (χ1v) is 7.42. The fourth-order valence-electron chi connectivity index (χ4n) is 2.40. The summed E-state index contributed by atoms with van der Waals surface area (Å²) in [6.07, 6.45) is 2.97. The van der Waals surface area contributed by atoms with Crippen LogP contribution in [0.2, 0.25) is 0 Å². The molecule has 0 saturated carbocycles. The van der Waals surface area contributed by atoms with Crippen molar-refractivity contribution >= 4 is 11.8 Å². The molecule has 5 heteroatoms. The number of carbonyl (C=O) groups is 2. The van der Waals surface area contributed by atoms with Gasteiger partial charge in [-0.15, -0.1) is 0 Å². The lowest BCUT2D eigenvalue weighted by molar-refractivity contribution is -0.133. The Labute approximate surface area is 116 Å². The zero-order chi connectivity index (χ0) is 14.1. The van der Waals surface area contributed by atoms with Crippen LogP contribution in [0.1, 0.15) is 39.5 Å². The number of nitrogens with one attached hydrogen (secondary N) is 2. The average Bonchev–Trinajstić information content (AvgIpc) is 2.45.